The van der Waals surface area contributed by atoms with Crippen molar-refractivity contribution in [1.29, 1.82) is 0 Å². The molecule has 1 fully saturated rings. The molecule has 0 atom stereocenters. The van der Waals surface area contributed by atoms with Gasteiger partial charge in [-0.15, -0.1) is 0 Å². The Kier molecular flexibility index (Phi) is 3.21. The summed E-state index contributed by atoms with van der Waals surface area (Å²) in [6, 6.07) is 1.77. The first-order valence-corrected chi connectivity index (χ1v) is 5.31. The van der Waals surface area contributed by atoms with Gasteiger partial charge in [0.05, 0.1) is 18.9 Å². The number of nitrogens with one attached hydrogen (secondary N) is 1. The lowest BCUT2D eigenvalue weighted by Crippen LogP contribution is -2.48. The normalized spacial score (nSPS) is 17.4. The Labute approximate surface area is 94.1 Å². The van der Waals surface area contributed by atoms with Crippen molar-refractivity contribution in [3.8, 4) is 0 Å². The number of carbonyl (C=O) groups is 1. The van der Waals surface area contributed by atoms with Gasteiger partial charge in [-0.2, -0.15) is 5.10 Å². The zero-order valence-electron chi connectivity index (χ0n) is 9.56. The van der Waals surface area contributed by atoms with Crippen LogP contribution >= 0.6 is 0 Å². The van der Waals surface area contributed by atoms with Crippen LogP contribution in [0.3, 0.4) is 0 Å². The number of hydrazine groups is 1. The number of nitrogens with zero attached hydrogens (tertiary/aromatic N) is 3. The lowest BCUT2D eigenvalue weighted by Gasteiger charge is -2.26. The van der Waals surface area contributed by atoms with Crippen LogP contribution in [-0.2, 0) is 11.8 Å². The molecule has 88 valence electrons. The molecule has 1 aliphatic heterocycles. The molecule has 16 heavy (non-hydrogen) atoms. The maximum atomic E-state index is 11.9. The third kappa shape index (κ3) is 2.40. The molecule has 0 unspecified atom stereocenters. The predicted octanol–water partition coefficient (Wildman–Crippen LogP) is -0.294. The van der Waals surface area contributed by atoms with Gasteiger partial charge in [-0.1, -0.05) is 0 Å². The van der Waals surface area contributed by atoms with Gasteiger partial charge in [-0.3, -0.25) is 14.9 Å². The maximum absolute atomic E-state index is 11.9. The summed E-state index contributed by atoms with van der Waals surface area (Å²) in [5.41, 5.74) is 4.26. The summed E-state index contributed by atoms with van der Waals surface area (Å²) < 4.78 is 6.79. The number of hydrogen-bond donors (Lipinski definition) is 1. The summed E-state index contributed by atoms with van der Waals surface area (Å²) in [6.45, 7) is 4.63. The van der Waals surface area contributed by atoms with E-state index in [0.717, 1.165) is 18.8 Å². The zero-order valence-corrected chi connectivity index (χ0v) is 9.56. The lowest BCUT2D eigenvalue weighted by atomic mass is 10.3. The first kappa shape index (κ1) is 11.1. The Hall–Kier alpha value is -1.40. The van der Waals surface area contributed by atoms with Crippen molar-refractivity contribution in [2.24, 2.45) is 7.05 Å². The Bertz CT molecular complexity index is 382. The highest BCUT2D eigenvalue weighted by molar-refractivity contribution is 5.92. The fourth-order valence-electron chi connectivity index (χ4n) is 1.70. The standard InChI is InChI=1S/C10H16N4O2/c1-8-7-9(13(2)11-8)10(15)12-14-3-5-16-6-4-14/h7H,3-6H2,1-2H3,(H,12,15). The van der Waals surface area contributed by atoms with Crippen LogP contribution in [-0.4, -0.2) is 47.0 Å². The number of carbonyl (C=O) groups excluding carboxylic acids is 1. The monoisotopic (exact) mass is 224 g/mol. The van der Waals surface area contributed by atoms with Gasteiger partial charge < -0.3 is 4.74 Å². The summed E-state index contributed by atoms with van der Waals surface area (Å²) in [6.07, 6.45) is 0. The minimum atomic E-state index is -0.120. The van der Waals surface area contributed by atoms with E-state index >= 15 is 0 Å². The molecule has 6 heteroatoms. The second-order valence-electron chi connectivity index (χ2n) is 3.83. The van der Waals surface area contributed by atoms with Crippen LogP contribution in [0.2, 0.25) is 0 Å². The minimum Gasteiger partial charge on any atom is -0.379 e. The smallest absolute Gasteiger partial charge is 0.283 e. The molecule has 0 spiro atoms. The lowest BCUT2D eigenvalue weighted by molar-refractivity contribution is 0.0123. The largest absolute Gasteiger partial charge is 0.379 e. The average Bonchev–Trinajstić information content (AvgIpc) is 2.59. The summed E-state index contributed by atoms with van der Waals surface area (Å²) in [7, 11) is 1.77. The molecule has 0 radical (unpaired) electrons. The maximum Gasteiger partial charge on any atom is 0.283 e. The van der Waals surface area contributed by atoms with E-state index in [4.69, 9.17) is 4.74 Å². The number of rotatable bonds is 2. The van der Waals surface area contributed by atoms with E-state index in [-0.39, 0.29) is 5.91 Å². The quantitative estimate of drug-likeness (QED) is 0.749. The third-order valence-electron chi connectivity index (χ3n) is 2.51. The van der Waals surface area contributed by atoms with Gasteiger partial charge in [0.25, 0.3) is 5.91 Å². The molecule has 0 saturated carbocycles. The predicted molar refractivity (Wildman–Crippen MR) is 57.8 cm³/mol. The van der Waals surface area contributed by atoms with Crippen LogP contribution in [0.1, 0.15) is 16.2 Å². The van der Waals surface area contributed by atoms with Gasteiger partial charge in [0.2, 0.25) is 0 Å². The van der Waals surface area contributed by atoms with Crippen LogP contribution in [0.25, 0.3) is 0 Å². The van der Waals surface area contributed by atoms with Gasteiger partial charge in [-0.25, -0.2) is 5.01 Å². The van der Waals surface area contributed by atoms with Crippen molar-refractivity contribution < 1.29 is 9.53 Å². The van der Waals surface area contributed by atoms with Crippen LogP contribution in [0.4, 0.5) is 0 Å². The van der Waals surface area contributed by atoms with E-state index in [1.807, 2.05) is 11.9 Å². The number of amides is 1. The van der Waals surface area contributed by atoms with Crippen LogP contribution in [0, 0.1) is 6.92 Å². The SMILES string of the molecule is Cc1cc(C(=O)NN2CCOCC2)n(C)n1. The van der Waals surface area contributed by atoms with Crippen LogP contribution in [0.5, 0.6) is 0 Å². The van der Waals surface area contributed by atoms with Crippen molar-refractivity contribution >= 4 is 5.91 Å². The molecule has 1 amide bonds. The number of ether oxygens (including phenoxy) is 1. The third-order valence-corrected chi connectivity index (χ3v) is 2.51. The Morgan fingerprint density at radius 1 is 1.50 bits per heavy atom. The van der Waals surface area contributed by atoms with E-state index in [1.54, 1.807) is 17.8 Å². The summed E-state index contributed by atoms with van der Waals surface area (Å²) in [4.78, 5) is 11.9. The highest BCUT2D eigenvalue weighted by Gasteiger charge is 2.16. The molecule has 1 aliphatic rings. The van der Waals surface area contributed by atoms with Gasteiger partial charge in [-0.05, 0) is 13.0 Å². The zero-order chi connectivity index (χ0) is 11.5. The van der Waals surface area contributed by atoms with E-state index in [2.05, 4.69) is 10.5 Å². The topological polar surface area (TPSA) is 59.4 Å². The van der Waals surface area contributed by atoms with Crippen LogP contribution in [0.15, 0.2) is 6.07 Å². The van der Waals surface area contributed by atoms with E-state index in [1.165, 1.54) is 0 Å². The van der Waals surface area contributed by atoms with E-state index in [9.17, 15) is 4.79 Å². The van der Waals surface area contributed by atoms with E-state index in [0.29, 0.717) is 18.9 Å². The first-order chi connectivity index (χ1) is 7.66. The summed E-state index contributed by atoms with van der Waals surface area (Å²) in [5, 5.41) is 6.01. The van der Waals surface area contributed by atoms with Gasteiger partial charge in [0.15, 0.2) is 0 Å². The molecule has 0 aromatic carbocycles. The number of aryl methyl sites for hydroxylation is 2. The van der Waals surface area contributed by atoms with Crippen molar-refractivity contribution in [3.63, 3.8) is 0 Å². The van der Waals surface area contributed by atoms with Gasteiger partial charge in [0.1, 0.15) is 5.69 Å². The fourth-order valence-corrected chi connectivity index (χ4v) is 1.70. The second-order valence-corrected chi connectivity index (χ2v) is 3.83. The molecular formula is C10H16N4O2. The minimum absolute atomic E-state index is 0.120. The number of aromatic nitrogens is 2. The summed E-state index contributed by atoms with van der Waals surface area (Å²) in [5.74, 6) is -0.120. The highest BCUT2D eigenvalue weighted by Crippen LogP contribution is 2.02. The Morgan fingerprint density at radius 2 is 2.19 bits per heavy atom. The molecule has 1 aromatic rings. The average molecular weight is 224 g/mol. The second kappa shape index (κ2) is 4.63. The Balaban J connectivity index is 1.99. The first-order valence-electron chi connectivity index (χ1n) is 5.31. The Morgan fingerprint density at radius 3 is 2.75 bits per heavy atom. The highest BCUT2D eigenvalue weighted by atomic mass is 16.5. The molecule has 1 N–H and O–H groups in total. The van der Waals surface area contributed by atoms with Crippen LogP contribution < -0.4 is 5.43 Å². The molecular weight excluding hydrogens is 208 g/mol. The number of hydrogen-bond acceptors (Lipinski definition) is 4. The van der Waals surface area contributed by atoms with Gasteiger partial charge in [0, 0.05) is 20.1 Å². The van der Waals surface area contributed by atoms with E-state index < -0.39 is 0 Å². The molecule has 0 bridgehead atoms. The van der Waals surface area contributed by atoms with Gasteiger partial charge >= 0.3 is 0 Å². The molecule has 2 heterocycles. The van der Waals surface area contributed by atoms with Crippen molar-refractivity contribution in [1.82, 2.24) is 20.2 Å². The molecule has 2 rings (SSSR count). The number of morpholine rings is 1. The molecule has 1 saturated heterocycles. The molecule has 1 aromatic heterocycles. The molecule has 0 aliphatic carbocycles. The van der Waals surface area contributed by atoms with Crippen molar-refractivity contribution in [3.05, 3.63) is 17.5 Å². The van der Waals surface area contributed by atoms with Crippen molar-refractivity contribution in [2.75, 3.05) is 26.3 Å². The summed E-state index contributed by atoms with van der Waals surface area (Å²) >= 11 is 0. The molecule has 6 nitrogen and oxygen atoms in total. The van der Waals surface area contributed by atoms with Crippen molar-refractivity contribution in [2.45, 2.75) is 6.92 Å². The fraction of sp³-hybridized carbons (Fsp3) is 0.600.